The summed E-state index contributed by atoms with van der Waals surface area (Å²) in [6.45, 7) is 0. The number of hydrogen-bond donors (Lipinski definition) is 9. The van der Waals surface area contributed by atoms with Crippen molar-refractivity contribution in [1.82, 2.24) is 0 Å². The van der Waals surface area contributed by atoms with Crippen molar-refractivity contribution in [3.05, 3.63) is 0 Å². The minimum absolute atomic E-state index is 0. The molecule has 0 spiro atoms. The van der Waals surface area contributed by atoms with Crippen molar-refractivity contribution in [2.24, 2.45) is 17.2 Å². The molecule has 17 heteroatoms. The van der Waals surface area contributed by atoms with Gasteiger partial charge in [-0.15, -0.1) is 0 Å². The second-order valence-corrected chi connectivity index (χ2v) is 5.63. The van der Waals surface area contributed by atoms with E-state index >= 15 is 0 Å². The first-order valence-corrected chi connectivity index (χ1v) is 8.22. The number of hydrogen-bond acceptors (Lipinski definition) is 9. The molecule has 0 aliphatic heterocycles. The summed E-state index contributed by atoms with van der Waals surface area (Å²) < 4.78 is 0. The van der Waals surface area contributed by atoms with Crippen molar-refractivity contribution in [3.8, 4) is 0 Å². The van der Waals surface area contributed by atoms with E-state index in [0.717, 1.165) is 0 Å². The van der Waals surface area contributed by atoms with Gasteiger partial charge >= 0.3 is 35.8 Å². The number of aliphatic carboxylic acids is 6. The Hall–Kier alpha value is -0.651. The largest absolute Gasteiger partial charge is 0.481 e. The summed E-state index contributed by atoms with van der Waals surface area (Å²) in [5.41, 5.74) is 15.0. The minimum atomic E-state index is -1.17. The fraction of sp³-hybridized carbons (Fsp3) is 0.600. The molecule has 0 fully saturated rings. The van der Waals surface area contributed by atoms with Crippen LogP contribution in [0.3, 0.4) is 0 Å². The maximum Gasteiger partial charge on any atom is 0.320 e. The third-order valence-electron chi connectivity index (χ3n) is 2.96. The van der Waals surface area contributed by atoms with Crippen molar-refractivity contribution in [2.75, 3.05) is 0 Å². The number of carbonyl (C=O) groups is 6. The Kier molecular flexibility index (Phi) is 32.5. The fourth-order valence-corrected chi connectivity index (χ4v) is 1.21. The summed E-state index contributed by atoms with van der Waals surface area (Å²) in [6, 6.07) is -3.18. The van der Waals surface area contributed by atoms with E-state index in [-0.39, 0.29) is 118 Å². The maximum atomic E-state index is 9.99. The first-order chi connectivity index (χ1) is 13.6. The van der Waals surface area contributed by atoms with Gasteiger partial charge in [-0.25, -0.2) is 0 Å². The van der Waals surface area contributed by atoms with E-state index in [9.17, 15) is 28.8 Å². The van der Waals surface area contributed by atoms with Crippen molar-refractivity contribution >= 4 is 35.8 Å². The van der Waals surface area contributed by atoms with Crippen LogP contribution in [0, 0.1) is 79.9 Å². The van der Waals surface area contributed by atoms with Gasteiger partial charge in [0.15, 0.2) is 0 Å². The Morgan fingerprint density at radius 2 is 0.625 bits per heavy atom. The van der Waals surface area contributed by atoms with E-state index in [4.69, 9.17) is 47.8 Å². The van der Waals surface area contributed by atoms with Gasteiger partial charge in [0.25, 0.3) is 0 Å². The second-order valence-electron chi connectivity index (χ2n) is 5.63. The molecule has 0 amide bonds. The van der Waals surface area contributed by atoms with Crippen LogP contribution in [0.2, 0.25) is 0 Å². The van der Waals surface area contributed by atoms with Gasteiger partial charge in [0.2, 0.25) is 0 Å². The zero-order valence-electron chi connectivity index (χ0n) is 16.5. The minimum Gasteiger partial charge on any atom is -0.481 e. The van der Waals surface area contributed by atoms with Crippen LogP contribution in [0.5, 0.6) is 0 Å². The topological polar surface area (TPSA) is 302 Å². The van der Waals surface area contributed by atoms with Crippen LogP contribution < -0.4 is 17.2 Å². The van der Waals surface area contributed by atoms with E-state index in [1.807, 2.05) is 0 Å². The maximum absolute atomic E-state index is 9.99. The number of carboxylic acid groups (broad SMARTS) is 6. The van der Waals surface area contributed by atoms with Gasteiger partial charge in [0.1, 0.15) is 18.1 Å². The second kappa shape index (κ2) is 25.0. The zero-order chi connectivity index (χ0) is 24.4. The molecule has 12 N–H and O–H groups in total. The van der Waals surface area contributed by atoms with Gasteiger partial charge in [-0.3, -0.25) is 28.8 Å². The average Bonchev–Trinajstić information content (AvgIpc) is 2.62. The summed E-state index contributed by atoms with van der Waals surface area (Å²) in [5, 5.41) is 48.8. The monoisotopic (exact) mass is 757 g/mol. The van der Waals surface area contributed by atoms with Crippen LogP contribution in [-0.2, 0) is 28.8 Å². The van der Waals surface area contributed by atoms with Gasteiger partial charge in [-0.05, 0) is 19.3 Å². The molecule has 0 unspecified atom stereocenters. The van der Waals surface area contributed by atoms with E-state index in [1.165, 1.54) is 0 Å². The van der Waals surface area contributed by atoms with Crippen LogP contribution in [0.25, 0.3) is 0 Å². The van der Waals surface area contributed by atoms with Crippen LogP contribution >= 0.6 is 0 Å². The van der Waals surface area contributed by atoms with Crippen molar-refractivity contribution in [2.45, 2.75) is 56.7 Å². The van der Waals surface area contributed by atoms with Crippen LogP contribution in [0.1, 0.15) is 38.5 Å². The zero-order valence-corrected chi connectivity index (χ0v) is 21.1. The summed E-state index contributed by atoms with van der Waals surface area (Å²) in [7, 11) is 0. The van der Waals surface area contributed by atoms with Gasteiger partial charge in [0.05, 0.1) is 0 Å². The predicted molar refractivity (Wildman–Crippen MR) is 97.4 cm³/mol. The number of nitrogens with two attached hydrogens (primary N) is 3. The third-order valence-corrected chi connectivity index (χ3v) is 2.96. The Morgan fingerprint density at radius 3 is 0.719 bits per heavy atom. The molecule has 0 saturated carbocycles. The Bertz CT molecular complexity index is 525. The molecule has 0 radical (unpaired) electrons. The van der Waals surface area contributed by atoms with Crippen molar-refractivity contribution in [1.29, 1.82) is 0 Å². The van der Waals surface area contributed by atoms with Crippen molar-refractivity contribution in [3.63, 3.8) is 0 Å². The predicted octanol–water partition coefficient (Wildman–Crippen LogP) is -2.21. The molecule has 0 rings (SSSR count). The van der Waals surface area contributed by atoms with Gasteiger partial charge < -0.3 is 47.8 Å². The number of carboxylic acids is 6. The normalized spacial score (nSPS) is 11.7. The quantitative estimate of drug-likeness (QED) is 0.102. The fourth-order valence-electron chi connectivity index (χ4n) is 1.21. The molecule has 0 aromatic rings. The Labute approximate surface area is 246 Å². The average molecular weight is 756 g/mol. The molecule has 0 heterocycles. The molecule has 0 aliphatic carbocycles. The SMILES string of the molecule is N[C@@H](CCC(=O)O)C(=O)O.N[C@H](CCC(=O)O)C(=O)O.N[C@H](CCC(=O)O)C(=O)O.[Gd].[Gd]. The van der Waals surface area contributed by atoms with E-state index in [2.05, 4.69) is 0 Å². The Morgan fingerprint density at radius 1 is 0.469 bits per heavy atom. The summed E-state index contributed by atoms with van der Waals surface area (Å²) in [6.07, 6.45) is -0.672. The first kappa shape index (κ1) is 41.6. The molecule has 0 saturated heterocycles. The Balaban J connectivity index is -0.000000110. The van der Waals surface area contributed by atoms with Crippen LogP contribution in [0.15, 0.2) is 0 Å². The summed E-state index contributed by atoms with van der Waals surface area (Å²) >= 11 is 0. The smallest absolute Gasteiger partial charge is 0.320 e. The van der Waals surface area contributed by atoms with E-state index in [1.54, 1.807) is 0 Å². The summed E-state index contributed by atoms with van der Waals surface area (Å²) in [5.74, 6) is -6.59. The molecule has 3 atom stereocenters. The molecule has 0 bridgehead atoms. The van der Waals surface area contributed by atoms with Crippen LogP contribution in [-0.4, -0.2) is 84.6 Å². The van der Waals surface area contributed by atoms with Gasteiger partial charge in [-0.2, -0.15) is 0 Å². The van der Waals surface area contributed by atoms with E-state index < -0.39 is 53.9 Å². The first-order valence-electron chi connectivity index (χ1n) is 8.22. The van der Waals surface area contributed by atoms with E-state index in [0.29, 0.717) is 0 Å². The molecular weight excluding hydrogens is 729 g/mol. The molecule has 0 aliphatic rings. The summed E-state index contributed by atoms with van der Waals surface area (Å²) in [4.78, 5) is 59.6. The molecule has 32 heavy (non-hydrogen) atoms. The van der Waals surface area contributed by atoms with Crippen molar-refractivity contribution < 1.29 is 139 Å². The van der Waals surface area contributed by atoms with Crippen LogP contribution in [0.4, 0.5) is 0 Å². The third kappa shape index (κ3) is 34.0. The molecular formula is C15H27Gd2N3O12. The molecule has 190 valence electrons. The number of rotatable bonds is 12. The molecule has 0 aromatic carbocycles. The molecule has 0 aromatic heterocycles. The van der Waals surface area contributed by atoms with Gasteiger partial charge in [0, 0.05) is 99.1 Å². The van der Waals surface area contributed by atoms with Gasteiger partial charge in [-0.1, -0.05) is 0 Å². The standard InChI is InChI=1S/3C5H9NO4.2Gd/c3*6-3(5(9)10)1-2-4(7)8;;/h3*3H,1-2,6H2,(H,7,8)(H,9,10);;/t3*3-;;/m110../s1. The molecule has 15 nitrogen and oxygen atoms in total.